The van der Waals surface area contributed by atoms with Crippen molar-refractivity contribution in [1.82, 2.24) is 9.80 Å². The summed E-state index contributed by atoms with van der Waals surface area (Å²) >= 11 is 0. The molecule has 0 bridgehead atoms. The lowest BCUT2D eigenvalue weighted by Gasteiger charge is -2.52. The number of aliphatic hydroxyl groups is 1. The minimum Gasteiger partial charge on any atom is -0.507 e. The van der Waals surface area contributed by atoms with E-state index >= 15 is 0 Å². The van der Waals surface area contributed by atoms with Gasteiger partial charge in [-0.05, 0) is 44.5 Å². The van der Waals surface area contributed by atoms with Gasteiger partial charge in [-0.25, -0.2) is 0 Å². The van der Waals surface area contributed by atoms with Crippen LogP contribution in [0.15, 0.2) is 18.2 Å². The number of phenols is 1. The van der Waals surface area contributed by atoms with Crippen LogP contribution >= 0.6 is 0 Å². The molecule has 3 amide bonds. The molecule has 2 saturated carbocycles. The van der Waals surface area contributed by atoms with Gasteiger partial charge >= 0.3 is 0 Å². The topological polar surface area (TPSA) is 196 Å². The van der Waals surface area contributed by atoms with E-state index in [1.54, 1.807) is 25.1 Å². The molecule has 1 aromatic carbocycles. The van der Waals surface area contributed by atoms with Crippen LogP contribution in [0.25, 0.3) is 0 Å². The fourth-order valence-electron chi connectivity index (χ4n) is 6.98. The predicted molar refractivity (Wildman–Crippen MR) is 140 cm³/mol. The number of likely N-dealkylation sites (N-methyl/N-ethyl adjacent to an activating group) is 1. The molecular weight excluding hydrogens is 536 g/mol. The zero-order valence-electron chi connectivity index (χ0n) is 22.9. The standard InChI is InChI=1S/C28H30N4O9/c1-30(2)15-9-12(10-32-16(33)5-6-17(32)34)22(35)19-13(15)7-11-8-14-21(31(3)4)24(37)20(27(29)40)26(39)28(14,41)25(38)18(11)23(19)36/h5-6,9,11,14,18,20-21,35,41H,7-8,10H2,1-4H3,(H2,29,40)/t11?,14?,18?,20?,21?,28-/m0/s1. The number of aromatic hydroxyl groups is 1. The predicted octanol–water partition coefficient (Wildman–Crippen LogP) is -1.64. The summed E-state index contributed by atoms with van der Waals surface area (Å²) in [6.07, 6.45) is 2.20. The van der Waals surface area contributed by atoms with Crippen molar-refractivity contribution in [3.63, 3.8) is 0 Å². The van der Waals surface area contributed by atoms with Crippen molar-refractivity contribution in [3.8, 4) is 5.75 Å². The number of hydrogen-bond acceptors (Lipinski definition) is 11. The Hall–Kier alpha value is -4.23. The largest absolute Gasteiger partial charge is 0.507 e. The van der Waals surface area contributed by atoms with E-state index in [-0.39, 0.29) is 30.5 Å². The minimum atomic E-state index is -2.82. The van der Waals surface area contributed by atoms with Gasteiger partial charge in [-0.3, -0.25) is 43.4 Å². The highest BCUT2D eigenvalue weighted by Crippen LogP contribution is 2.52. The van der Waals surface area contributed by atoms with Crippen LogP contribution in [0.3, 0.4) is 0 Å². The number of Topliss-reactive ketones (excluding diaryl/α,β-unsaturated/α-hetero) is 4. The van der Waals surface area contributed by atoms with Crippen LogP contribution < -0.4 is 10.6 Å². The first-order valence-corrected chi connectivity index (χ1v) is 13.1. The molecule has 5 rings (SSSR count). The summed E-state index contributed by atoms with van der Waals surface area (Å²) in [6.45, 7) is -0.336. The summed E-state index contributed by atoms with van der Waals surface area (Å²) in [4.78, 5) is 95.1. The van der Waals surface area contributed by atoms with Crippen molar-refractivity contribution >= 4 is 46.5 Å². The maximum Gasteiger partial charge on any atom is 0.253 e. The molecule has 41 heavy (non-hydrogen) atoms. The van der Waals surface area contributed by atoms with Gasteiger partial charge in [-0.1, -0.05) is 0 Å². The Morgan fingerprint density at radius 3 is 2.20 bits per heavy atom. The third-order valence-electron chi connectivity index (χ3n) is 8.83. The first kappa shape index (κ1) is 28.3. The molecule has 3 aliphatic carbocycles. The molecule has 6 atom stereocenters. The van der Waals surface area contributed by atoms with Gasteiger partial charge in [-0.2, -0.15) is 0 Å². The SMILES string of the molecule is CN(C)c1cc(CN2C(=O)C=CC2=O)c(O)c2c1CC1CC3C(N(C)C)C(=O)C(C(N)=O)C(=O)[C@@]3(O)C(=O)C1C2=O. The number of hydrogen-bond donors (Lipinski definition) is 3. The van der Waals surface area contributed by atoms with Gasteiger partial charge in [0.25, 0.3) is 11.8 Å². The van der Waals surface area contributed by atoms with Crippen molar-refractivity contribution in [3.05, 3.63) is 34.9 Å². The highest BCUT2D eigenvalue weighted by Gasteiger charge is 2.69. The molecule has 0 radical (unpaired) electrons. The zero-order chi connectivity index (χ0) is 30.3. The van der Waals surface area contributed by atoms with E-state index in [2.05, 4.69) is 0 Å². The third-order valence-corrected chi connectivity index (χ3v) is 8.83. The van der Waals surface area contributed by atoms with E-state index in [1.807, 2.05) is 0 Å². The molecule has 216 valence electrons. The Labute approximate surface area is 234 Å². The summed E-state index contributed by atoms with van der Waals surface area (Å²) < 4.78 is 0. The van der Waals surface area contributed by atoms with Crippen LogP contribution in [0.4, 0.5) is 5.69 Å². The Morgan fingerprint density at radius 2 is 1.66 bits per heavy atom. The number of carbonyl (C=O) groups excluding carboxylic acids is 7. The van der Waals surface area contributed by atoms with Crippen LogP contribution in [0.2, 0.25) is 0 Å². The number of amides is 3. The number of benzene rings is 1. The van der Waals surface area contributed by atoms with E-state index in [1.165, 1.54) is 19.0 Å². The molecule has 4 aliphatic rings. The van der Waals surface area contributed by atoms with E-state index < -0.39 is 81.9 Å². The van der Waals surface area contributed by atoms with Gasteiger partial charge in [0.05, 0.1) is 24.1 Å². The monoisotopic (exact) mass is 566 g/mol. The second-order valence-corrected chi connectivity index (χ2v) is 11.5. The highest BCUT2D eigenvalue weighted by atomic mass is 16.3. The number of phenolic OH excluding ortho intramolecular Hbond substituents is 1. The lowest BCUT2D eigenvalue weighted by atomic mass is 9.52. The summed E-state index contributed by atoms with van der Waals surface area (Å²) in [5.41, 5.74) is 3.33. The molecule has 13 heteroatoms. The number of primary amides is 1. The van der Waals surface area contributed by atoms with Crippen molar-refractivity contribution in [1.29, 1.82) is 0 Å². The molecule has 5 unspecified atom stereocenters. The summed E-state index contributed by atoms with van der Waals surface area (Å²) in [6, 6.07) is 0.375. The number of nitrogens with two attached hydrogens (primary N) is 1. The summed E-state index contributed by atoms with van der Waals surface area (Å²) in [5.74, 6) is -12.7. The Kier molecular flexibility index (Phi) is 6.50. The summed E-state index contributed by atoms with van der Waals surface area (Å²) in [7, 11) is 6.44. The minimum absolute atomic E-state index is 0.0677. The second kappa shape index (κ2) is 9.42. The normalized spacial score (nSPS) is 31.0. The van der Waals surface area contributed by atoms with Crippen molar-refractivity contribution in [2.45, 2.75) is 31.0 Å². The van der Waals surface area contributed by atoms with Gasteiger partial charge in [0.2, 0.25) is 5.91 Å². The van der Waals surface area contributed by atoms with Crippen molar-refractivity contribution in [2.24, 2.45) is 29.4 Å². The maximum absolute atomic E-state index is 14.0. The molecular formula is C28H30N4O9. The van der Waals surface area contributed by atoms with Gasteiger partial charge in [0, 0.05) is 43.4 Å². The lowest BCUT2D eigenvalue weighted by molar-refractivity contribution is -0.181. The number of ketones is 4. The molecule has 1 heterocycles. The highest BCUT2D eigenvalue weighted by molar-refractivity contribution is 6.32. The fraction of sp³-hybridized carbons (Fsp3) is 0.464. The van der Waals surface area contributed by atoms with Crippen molar-refractivity contribution in [2.75, 3.05) is 33.1 Å². The fourth-order valence-corrected chi connectivity index (χ4v) is 6.98. The number of imide groups is 1. The number of nitrogens with zero attached hydrogens (tertiary/aromatic N) is 3. The number of carbonyl (C=O) groups is 7. The Balaban J connectivity index is 1.64. The number of anilines is 1. The lowest BCUT2D eigenvalue weighted by Crippen LogP contribution is -2.74. The average molecular weight is 567 g/mol. The molecule has 2 fully saturated rings. The van der Waals surface area contributed by atoms with Crippen LogP contribution in [-0.4, -0.2) is 101 Å². The van der Waals surface area contributed by atoms with E-state index in [0.717, 1.165) is 17.1 Å². The first-order valence-electron chi connectivity index (χ1n) is 13.1. The molecule has 13 nitrogen and oxygen atoms in total. The number of rotatable bonds is 5. The second-order valence-electron chi connectivity index (χ2n) is 11.5. The van der Waals surface area contributed by atoms with Gasteiger partial charge < -0.3 is 20.8 Å². The molecule has 1 aliphatic heterocycles. The van der Waals surface area contributed by atoms with Crippen LogP contribution in [0, 0.1) is 23.7 Å². The Morgan fingerprint density at radius 1 is 1.05 bits per heavy atom. The molecule has 0 saturated heterocycles. The van der Waals surface area contributed by atoms with E-state index in [4.69, 9.17) is 5.73 Å². The third kappa shape index (κ3) is 3.86. The number of fused-ring (bicyclic) bond motifs is 3. The molecule has 4 N–H and O–H groups in total. The van der Waals surface area contributed by atoms with Gasteiger partial charge in [-0.15, -0.1) is 0 Å². The van der Waals surface area contributed by atoms with Gasteiger partial charge in [0.15, 0.2) is 34.7 Å². The van der Waals surface area contributed by atoms with Gasteiger partial charge in [0.1, 0.15) is 5.75 Å². The molecule has 0 spiro atoms. The Bertz CT molecular complexity index is 1480. The zero-order valence-corrected chi connectivity index (χ0v) is 22.9. The molecule has 1 aromatic rings. The summed E-state index contributed by atoms with van der Waals surface area (Å²) in [5, 5.41) is 23.0. The molecule has 0 aromatic heterocycles. The first-order chi connectivity index (χ1) is 19.1. The average Bonchev–Trinajstić information content (AvgIpc) is 3.19. The maximum atomic E-state index is 14.0. The smallest absolute Gasteiger partial charge is 0.253 e. The van der Waals surface area contributed by atoms with E-state index in [0.29, 0.717) is 11.3 Å². The van der Waals surface area contributed by atoms with Crippen LogP contribution in [0.5, 0.6) is 5.75 Å². The van der Waals surface area contributed by atoms with Crippen LogP contribution in [-0.2, 0) is 41.7 Å². The van der Waals surface area contributed by atoms with Crippen LogP contribution in [0.1, 0.15) is 27.9 Å². The quantitative estimate of drug-likeness (QED) is 0.273. The van der Waals surface area contributed by atoms with E-state index in [9.17, 15) is 43.8 Å². The van der Waals surface area contributed by atoms with Crippen molar-refractivity contribution < 1.29 is 43.8 Å².